The Morgan fingerprint density at radius 1 is 1.19 bits per heavy atom. The van der Waals surface area contributed by atoms with Gasteiger partial charge in [0.15, 0.2) is 0 Å². The fourth-order valence-corrected chi connectivity index (χ4v) is 6.21. The predicted octanol–water partition coefficient (Wildman–Crippen LogP) is 3.21. The molecule has 0 radical (unpaired) electrons. The number of hydrogen-bond acceptors (Lipinski definition) is 4. The molecule has 186 valence electrons. The van der Waals surface area contributed by atoms with Crippen LogP contribution in [0.15, 0.2) is 48.7 Å². The summed E-state index contributed by atoms with van der Waals surface area (Å²) in [6.45, 7) is -0.118. The molecule has 6 rings (SSSR count). The zero-order valence-corrected chi connectivity index (χ0v) is 19.8. The number of carbonyl (C=O) groups excluding carboxylic acids is 3. The quantitative estimate of drug-likeness (QED) is 0.419. The van der Waals surface area contributed by atoms with E-state index < -0.39 is 42.5 Å². The van der Waals surface area contributed by atoms with Crippen molar-refractivity contribution in [3.05, 3.63) is 65.1 Å². The third kappa shape index (κ3) is 3.14. The summed E-state index contributed by atoms with van der Waals surface area (Å²) in [5.74, 6) is -1.17. The fraction of sp³-hybridized carbons (Fsp3) is 0.320. The van der Waals surface area contributed by atoms with E-state index in [1.165, 1.54) is 27.8 Å². The van der Waals surface area contributed by atoms with Crippen LogP contribution in [0.1, 0.15) is 24.4 Å². The number of rotatable bonds is 5. The van der Waals surface area contributed by atoms with Crippen LogP contribution in [0.25, 0.3) is 10.9 Å². The molecule has 2 heterocycles. The molecule has 4 amide bonds. The number of hydrogen-bond donors (Lipinski definition) is 4. The van der Waals surface area contributed by atoms with Crippen LogP contribution in [0.5, 0.6) is 0 Å². The maximum Gasteiger partial charge on any atom is 0.323 e. The first-order valence-electron chi connectivity index (χ1n) is 11.5. The van der Waals surface area contributed by atoms with Crippen LogP contribution in [0, 0.1) is 16.6 Å². The van der Waals surface area contributed by atoms with E-state index in [4.69, 9.17) is 17.3 Å². The molecule has 0 unspecified atom stereocenters. The minimum absolute atomic E-state index is 0.0659. The number of benzene rings is 2. The van der Waals surface area contributed by atoms with Gasteiger partial charge in [-0.05, 0) is 30.4 Å². The van der Waals surface area contributed by atoms with E-state index in [2.05, 4.69) is 10.6 Å². The monoisotopic (exact) mass is 511 g/mol. The molecule has 3 aromatic rings. The molecule has 36 heavy (non-hydrogen) atoms. The molecule has 3 aliphatic rings. The summed E-state index contributed by atoms with van der Waals surface area (Å²) < 4.78 is 15.8. The number of fused-ring (bicyclic) bond motifs is 1. The van der Waals surface area contributed by atoms with Crippen LogP contribution >= 0.6 is 11.6 Å². The molecule has 5 N–H and O–H groups in total. The Balaban J connectivity index is 1.26. The molecule has 2 atom stereocenters. The highest BCUT2D eigenvalue weighted by Crippen LogP contribution is 2.91. The molecule has 1 aromatic heterocycles. The van der Waals surface area contributed by atoms with Crippen molar-refractivity contribution in [1.82, 2.24) is 14.8 Å². The number of nitrogens with one attached hydrogen (secondary N) is 2. The van der Waals surface area contributed by atoms with Crippen LogP contribution in [-0.4, -0.2) is 51.7 Å². The number of aromatic nitrogens is 1. The molecule has 3 fully saturated rings. The molecule has 2 aromatic carbocycles. The van der Waals surface area contributed by atoms with Gasteiger partial charge in [-0.1, -0.05) is 41.9 Å². The third-order valence-electron chi connectivity index (χ3n) is 7.98. The zero-order valence-electron chi connectivity index (χ0n) is 19.0. The van der Waals surface area contributed by atoms with Crippen LogP contribution < -0.4 is 16.4 Å². The van der Waals surface area contributed by atoms with E-state index in [0.29, 0.717) is 23.1 Å². The van der Waals surface area contributed by atoms with Crippen LogP contribution in [-0.2, 0) is 4.79 Å². The number of halogens is 2. The second-order valence-electron chi connectivity index (χ2n) is 9.91. The SMILES string of the molecule is NC(=O)n1cc(NC(=O)N2CC34CC3(C4)[C@H]2C(=O)N[C@H](CO)c2cccc(Cl)c2F)c2ccccc21. The molecule has 1 aliphatic heterocycles. The van der Waals surface area contributed by atoms with Crippen molar-refractivity contribution < 1.29 is 23.9 Å². The average Bonchev–Trinajstić information content (AvgIpc) is 3.52. The molecular weight excluding hydrogens is 489 g/mol. The number of piperidine rings is 2. The number of likely N-dealkylation sites (tertiary alicyclic amines) is 1. The Kier molecular flexibility index (Phi) is 4.87. The van der Waals surface area contributed by atoms with Gasteiger partial charge in [-0.25, -0.2) is 14.0 Å². The molecule has 11 heteroatoms. The number of carbonyl (C=O) groups is 3. The largest absolute Gasteiger partial charge is 0.394 e. The predicted molar refractivity (Wildman–Crippen MR) is 130 cm³/mol. The number of nitrogens with two attached hydrogens (primary N) is 1. The van der Waals surface area contributed by atoms with Gasteiger partial charge >= 0.3 is 12.1 Å². The number of aliphatic hydroxyl groups is 1. The van der Waals surface area contributed by atoms with Crippen molar-refractivity contribution in [2.75, 3.05) is 18.5 Å². The molecule has 1 saturated heterocycles. The summed E-state index contributed by atoms with van der Waals surface area (Å²) in [6.07, 6.45) is 3.15. The van der Waals surface area contributed by atoms with Gasteiger partial charge in [0.25, 0.3) is 0 Å². The number of nitrogens with zero attached hydrogens (tertiary/aromatic N) is 2. The topological polar surface area (TPSA) is 130 Å². The van der Waals surface area contributed by atoms with E-state index >= 15 is 0 Å². The summed E-state index contributed by atoms with van der Waals surface area (Å²) in [5, 5.41) is 16.0. The number of para-hydroxylation sites is 1. The van der Waals surface area contributed by atoms with Gasteiger partial charge < -0.3 is 26.4 Å². The molecule has 9 nitrogen and oxygen atoms in total. The lowest BCUT2D eigenvalue weighted by Crippen LogP contribution is -2.53. The molecule has 2 aliphatic carbocycles. The minimum Gasteiger partial charge on any atom is -0.394 e. The zero-order chi connectivity index (χ0) is 25.4. The first kappa shape index (κ1) is 22.8. The van der Waals surface area contributed by atoms with Gasteiger partial charge in [0, 0.05) is 29.1 Å². The molecule has 0 spiro atoms. The van der Waals surface area contributed by atoms with E-state index in [1.807, 2.05) is 0 Å². The highest BCUT2D eigenvalue weighted by atomic mass is 35.5. The van der Waals surface area contributed by atoms with Gasteiger partial charge in [0.1, 0.15) is 11.9 Å². The Morgan fingerprint density at radius 2 is 1.94 bits per heavy atom. The lowest BCUT2D eigenvalue weighted by atomic mass is 9.99. The fourth-order valence-electron chi connectivity index (χ4n) is 6.03. The van der Waals surface area contributed by atoms with Crippen LogP contribution in [0.3, 0.4) is 0 Å². The van der Waals surface area contributed by atoms with Gasteiger partial charge in [0.2, 0.25) is 5.91 Å². The number of amides is 4. The van der Waals surface area contributed by atoms with Crippen molar-refractivity contribution >= 4 is 46.2 Å². The van der Waals surface area contributed by atoms with Gasteiger partial charge in [0.05, 0.1) is 28.9 Å². The number of urea groups is 1. The minimum atomic E-state index is -1.02. The second kappa shape index (κ2) is 7.68. The average molecular weight is 512 g/mol. The van der Waals surface area contributed by atoms with E-state index in [9.17, 15) is 23.9 Å². The normalized spacial score (nSPS) is 26.2. The van der Waals surface area contributed by atoms with Crippen molar-refractivity contribution in [3.8, 4) is 0 Å². The maximum atomic E-state index is 14.6. The van der Waals surface area contributed by atoms with Crippen LogP contribution in [0.4, 0.5) is 19.7 Å². The van der Waals surface area contributed by atoms with E-state index in [-0.39, 0.29) is 21.4 Å². The first-order valence-corrected chi connectivity index (χ1v) is 11.9. The van der Waals surface area contributed by atoms with Crippen LogP contribution in [0.2, 0.25) is 5.02 Å². The Morgan fingerprint density at radius 3 is 2.67 bits per heavy atom. The summed E-state index contributed by atoms with van der Waals surface area (Å²) >= 11 is 5.88. The maximum absolute atomic E-state index is 14.6. The summed E-state index contributed by atoms with van der Waals surface area (Å²) in [4.78, 5) is 40.2. The third-order valence-corrected chi connectivity index (χ3v) is 8.27. The lowest BCUT2D eigenvalue weighted by molar-refractivity contribution is -0.127. The Bertz CT molecular complexity index is 1450. The van der Waals surface area contributed by atoms with Crippen molar-refractivity contribution in [3.63, 3.8) is 0 Å². The Labute approximate surface area is 210 Å². The highest BCUT2D eigenvalue weighted by molar-refractivity contribution is 6.30. The van der Waals surface area contributed by atoms with Gasteiger partial charge in [-0.2, -0.15) is 0 Å². The summed E-state index contributed by atoms with van der Waals surface area (Å²) in [7, 11) is 0. The number of anilines is 1. The van der Waals surface area contributed by atoms with E-state index in [0.717, 1.165) is 12.8 Å². The molecule has 2 saturated carbocycles. The summed E-state index contributed by atoms with van der Waals surface area (Å²) in [5.41, 5.74) is 6.14. The lowest BCUT2D eigenvalue weighted by Gasteiger charge is -2.33. The Hall–Kier alpha value is -3.63. The molecular formula is C25H23ClFN5O4. The first-order chi connectivity index (χ1) is 17.2. The molecule has 0 bridgehead atoms. The smallest absolute Gasteiger partial charge is 0.323 e. The van der Waals surface area contributed by atoms with Gasteiger partial charge in [-0.3, -0.25) is 9.36 Å². The highest BCUT2D eigenvalue weighted by Gasteiger charge is 2.91. The standard InChI is InChI=1S/C25H23ClFN5O4/c26-15-6-3-5-14(19(15)27)17(9-33)29-21(34)20-25-10-24(25,11-25)12-32(20)23(36)30-16-8-31(22(28)35)18-7-2-1-4-13(16)18/h1-8,17,20,33H,9-12H2,(H2,28,35)(H,29,34)(H,30,36)/t17-,20-,24?,25?/m1/s1. The number of aliphatic hydroxyl groups excluding tert-OH is 1. The van der Waals surface area contributed by atoms with Crippen molar-refractivity contribution in [2.45, 2.75) is 24.9 Å². The summed E-state index contributed by atoms with van der Waals surface area (Å²) in [6, 6.07) is 8.44. The van der Waals surface area contributed by atoms with Crippen molar-refractivity contribution in [2.24, 2.45) is 16.6 Å². The van der Waals surface area contributed by atoms with E-state index in [1.54, 1.807) is 30.3 Å². The van der Waals surface area contributed by atoms with Crippen molar-refractivity contribution in [1.29, 1.82) is 0 Å². The number of primary amides is 1. The van der Waals surface area contributed by atoms with Gasteiger partial charge in [-0.15, -0.1) is 0 Å². The second-order valence-corrected chi connectivity index (χ2v) is 10.3.